The minimum Gasteiger partial charge on any atom is -0.332 e. The Morgan fingerprint density at radius 1 is 1.36 bits per heavy atom. The van der Waals surface area contributed by atoms with Crippen LogP contribution in [0.4, 0.5) is 4.79 Å². The number of thioether (sulfide) groups is 1. The van der Waals surface area contributed by atoms with Crippen molar-refractivity contribution in [2.45, 2.75) is 31.8 Å². The van der Waals surface area contributed by atoms with E-state index in [1.165, 1.54) is 16.0 Å². The molecule has 0 radical (unpaired) electrons. The molecule has 0 aromatic heterocycles. The Balaban J connectivity index is 1.81. The zero-order chi connectivity index (χ0) is 18.0. The first-order chi connectivity index (χ1) is 12.0. The summed E-state index contributed by atoms with van der Waals surface area (Å²) in [5.74, 6) is 0.485. The molecule has 0 saturated carbocycles. The van der Waals surface area contributed by atoms with Gasteiger partial charge in [0.05, 0.1) is 0 Å². The summed E-state index contributed by atoms with van der Waals surface area (Å²) in [6, 6.07) is 7.47. The van der Waals surface area contributed by atoms with Crippen molar-refractivity contribution in [3.05, 3.63) is 47.5 Å². The van der Waals surface area contributed by atoms with Gasteiger partial charge in [-0.05, 0) is 19.4 Å². The lowest BCUT2D eigenvalue weighted by atomic mass is 10.1. The summed E-state index contributed by atoms with van der Waals surface area (Å²) in [5, 5.41) is 3.21. The minimum atomic E-state index is -0.473. The second kappa shape index (κ2) is 7.31. The van der Waals surface area contributed by atoms with E-state index < -0.39 is 18.2 Å². The molecule has 2 atom stereocenters. The lowest BCUT2D eigenvalue weighted by Crippen LogP contribution is -2.63. The Morgan fingerprint density at radius 2 is 2.16 bits per heavy atom. The standard InChI is InChI=1S/C18H22N4O2S/c1-4-5-9-22-14-15(21(3)17(24)20-16(14)23)19-18(22)25-11-13-8-6-7-12(2)10-13/h4-8,10,14-15H,9,11H2,1-3H3,(H,20,23,24)/b5-4+. The second-order valence-electron chi connectivity index (χ2n) is 6.17. The first-order valence-electron chi connectivity index (χ1n) is 8.23. The van der Waals surface area contributed by atoms with Gasteiger partial charge >= 0.3 is 6.03 Å². The van der Waals surface area contributed by atoms with Crippen LogP contribution in [0, 0.1) is 6.92 Å². The van der Waals surface area contributed by atoms with Crippen LogP contribution in [-0.4, -0.2) is 52.7 Å². The van der Waals surface area contributed by atoms with Crippen LogP contribution < -0.4 is 5.32 Å². The van der Waals surface area contributed by atoms with E-state index in [-0.39, 0.29) is 5.91 Å². The van der Waals surface area contributed by atoms with Gasteiger partial charge in [-0.25, -0.2) is 9.79 Å². The van der Waals surface area contributed by atoms with Crippen molar-refractivity contribution in [2.75, 3.05) is 13.6 Å². The van der Waals surface area contributed by atoms with Crippen molar-refractivity contribution in [3.8, 4) is 0 Å². The molecule has 1 saturated heterocycles. The fraction of sp³-hybridized carbons (Fsp3) is 0.389. The molecule has 25 heavy (non-hydrogen) atoms. The summed E-state index contributed by atoms with van der Waals surface area (Å²) in [4.78, 5) is 32.4. The van der Waals surface area contributed by atoms with E-state index in [1.54, 1.807) is 18.8 Å². The summed E-state index contributed by atoms with van der Waals surface area (Å²) in [6.07, 6.45) is 3.48. The van der Waals surface area contributed by atoms with Gasteiger partial charge in [-0.1, -0.05) is 53.7 Å². The van der Waals surface area contributed by atoms with E-state index >= 15 is 0 Å². The number of aliphatic imine (C=N–C) groups is 1. The van der Waals surface area contributed by atoms with Gasteiger partial charge < -0.3 is 9.80 Å². The van der Waals surface area contributed by atoms with Crippen LogP contribution in [0.15, 0.2) is 41.4 Å². The number of nitrogens with one attached hydrogen (secondary N) is 1. The van der Waals surface area contributed by atoms with Gasteiger partial charge in [-0.2, -0.15) is 0 Å². The van der Waals surface area contributed by atoms with Gasteiger partial charge in [0.15, 0.2) is 17.4 Å². The van der Waals surface area contributed by atoms with Gasteiger partial charge in [-0.3, -0.25) is 10.1 Å². The number of likely N-dealkylation sites (N-methyl/N-ethyl adjacent to an activating group) is 1. The number of rotatable bonds is 4. The summed E-state index contributed by atoms with van der Waals surface area (Å²) < 4.78 is 0. The van der Waals surface area contributed by atoms with Gasteiger partial charge in [0, 0.05) is 19.3 Å². The van der Waals surface area contributed by atoms with Crippen molar-refractivity contribution in [1.29, 1.82) is 0 Å². The molecule has 132 valence electrons. The van der Waals surface area contributed by atoms with E-state index in [0.29, 0.717) is 6.54 Å². The predicted octanol–water partition coefficient (Wildman–Crippen LogP) is 2.35. The van der Waals surface area contributed by atoms with Crippen LogP contribution in [-0.2, 0) is 10.5 Å². The maximum atomic E-state index is 12.4. The third-order valence-corrected chi connectivity index (χ3v) is 5.39. The van der Waals surface area contributed by atoms with Crippen LogP contribution in [0.3, 0.4) is 0 Å². The first kappa shape index (κ1) is 17.5. The van der Waals surface area contributed by atoms with Gasteiger partial charge in [0.25, 0.3) is 5.91 Å². The molecular weight excluding hydrogens is 336 g/mol. The monoisotopic (exact) mass is 358 g/mol. The molecule has 2 heterocycles. The predicted molar refractivity (Wildman–Crippen MR) is 100 cm³/mol. The number of hydrogen-bond donors (Lipinski definition) is 1. The third-order valence-electron chi connectivity index (χ3n) is 4.31. The highest BCUT2D eigenvalue weighted by Gasteiger charge is 2.48. The molecule has 2 aliphatic heterocycles. The molecule has 0 bridgehead atoms. The number of fused-ring (bicyclic) bond motifs is 1. The Bertz CT molecular complexity index is 746. The summed E-state index contributed by atoms with van der Waals surface area (Å²) >= 11 is 1.60. The molecule has 1 aromatic carbocycles. The fourth-order valence-corrected chi connectivity index (χ4v) is 3.99. The Hall–Kier alpha value is -2.28. The van der Waals surface area contributed by atoms with E-state index in [9.17, 15) is 9.59 Å². The number of hydrogen-bond acceptors (Lipinski definition) is 5. The maximum Gasteiger partial charge on any atom is 0.325 e. The smallest absolute Gasteiger partial charge is 0.325 e. The molecule has 1 fully saturated rings. The number of amidine groups is 1. The number of carbonyl (C=O) groups is 2. The molecule has 0 spiro atoms. The van der Waals surface area contributed by atoms with E-state index in [2.05, 4.69) is 35.4 Å². The zero-order valence-electron chi connectivity index (χ0n) is 14.6. The molecule has 3 amide bonds. The molecule has 2 unspecified atom stereocenters. The van der Waals surface area contributed by atoms with Crippen LogP contribution in [0.25, 0.3) is 0 Å². The van der Waals surface area contributed by atoms with Crippen molar-refractivity contribution in [3.63, 3.8) is 0 Å². The maximum absolute atomic E-state index is 12.4. The number of imide groups is 1. The number of amides is 3. The molecular formula is C18H22N4O2S. The van der Waals surface area contributed by atoms with Crippen molar-refractivity contribution < 1.29 is 9.59 Å². The summed E-state index contributed by atoms with van der Waals surface area (Å²) in [6.45, 7) is 4.60. The quantitative estimate of drug-likeness (QED) is 0.839. The molecule has 6 nitrogen and oxygen atoms in total. The number of benzene rings is 1. The first-order valence-corrected chi connectivity index (χ1v) is 9.21. The highest BCUT2D eigenvalue weighted by atomic mass is 32.2. The Morgan fingerprint density at radius 3 is 2.88 bits per heavy atom. The van der Waals surface area contributed by atoms with Crippen molar-refractivity contribution >= 4 is 28.9 Å². The molecule has 0 aliphatic carbocycles. The van der Waals surface area contributed by atoms with E-state index in [4.69, 9.17) is 0 Å². The number of urea groups is 1. The second-order valence-corrected chi connectivity index (χ2v) is 7.12. The van der Waals surface area contributed by atoms with Crippen LogP contribution in [0.1, 0.15) is 18.1 Å². The topological polar surface area (TPSA) is 65.0 Å². The largest absolute Gasteiger partial charge is 0.332 e. The molecule has 7 heteroatoms. The zero-order valence-corrected chi connectivity index (χ0v) is 15.4. The minimum absolute atomic E-state index is 0.285. The van der Waals surface area contributed by atoms with Crippen molar-refractivity contribution in [1.82, 2.24) is 15.1 Å². The fourth-order valence-electron chi connectivity index (χ4n) is 2.98. The number of carbonyl (C=O) groups excluding carboxylic acids is 2. The van der Waals surface area contributed by atoms with Crippen molar-refractivity contribution in [2.24, 2.45) is 4.99 Å². The Kier molecular flexibility index (Phi) is 5.13. The molecule has 1 aromatic rings. The van der Waals surface area contributed by atoms with Gasteiger partial charge in [-0.15, -0.1) is 0 Å². The van der Waals surface area contributed by atoms with Crippen LogP contribution in [0.5, 0.6) is 0 Å². The Labute approximate surface area is 152 Å². The number of aryl methyl sites for hydroxylation is 1. The average molecular weight is 358 g/mol. The SMILES string of the molecule is C/C=C/CN1C(SCc2cccc(C)c2)=NC2C1C(=O)NC(=O)N2C. The molecule has 2 aliphatic rings. The van der Waals surface area contributed by atoms with Gasteiger partial charge in [0.1, 0.15) is 0 Å². The number of allylic oxidation sites excluding steroid dienone is 1. The molecule has 3 rings (SSSR count). The summed E-state index contributed by atoms with van der Waals surface area (Å²) in [7, 11) is 1.67. The third kappa shape index (κ3) is 3.56. The van der Waals surface area contributed by atoms with Gasteiger partial charge in [0.2, 0.25) is 0 Å². The lowest BCUT2D eigenvalue weighted by molar-refractivity contribution is -0.126. The van der Waals surface area contributed by atoms with E-state index in [1.807, 2.05) is 30.0 Å². The highest BCUT2D eigenvalue weighted by Crippen LogP contribution is 2.29. The average Bonchev–Trinajstić information content (AvgIpc) is 2.95. The highest BCUT2D eigenvalue weighted by molar-refractivity contribution is 8.13. The molecule has 1 N–H and O–H groups in total. The lowest BCUT2D eigenvalue weighted by Gasteiger charge is -2.35. The number of nitrogens with zero attached hydrogens (tertiary/aromatic N) is 3. The van der Waals surface area contributed by atoms with Crippen LogP contribution in [0.2, 0.25) is 0 Å². The summed E-state index contributed by atoms with van der Waals surface area (Å²) in [5.41, 5.74) is 2.43. The normalized spacial score (nSPS) is 23.1. The van der Waals surface area contributed by atoms with E-state index in [0.717, 1.165) is 10.9 Å². The van der Waals surface area contributed by atoms with Crippen LogP contribution >= 0.6 is 11.8 Å².